The monoisotopic (exact) mass is 215 g/mol. The van der Waals surface area contributed by atoms with Crippen LogP contribution in [0.3, 0.4) is 0 Å². The summed E-state index contributed by atoms with van der Waals surface area (Å²) >= 11 is 1.91. The number of carboxylic acid groups (broad SMARTS) is 1. The Bertz CT molecular complexity index is 73.3. The molecular weight excluding hydrogens is 209 g/mol. The lowest BCUT2D eigenvalue weighted by Crippen LogP contribution is -2.15. The van der Waals surface area contributed by atoms with Gasteiger partial charge in [-0.15, -0.1) is 0 Å². The van der Waals surface area contributed by atoms with Crippen LogP contribution in [0.2, 0.25) is 0 Å². The van der Waals surface area contributed by atoms with Gasteiger partial charge in [0.15, 0.2) is 0 Å². The van der Waals surface area contributed by atoms with E-state index < -0.39 is 5.97 Å². The summed E-state index contributed by atoms with van der Waals surface area (Å²) in [6.07, 6.45) is 0. The summed E-state index contributed by atoms with van der Waals surface area (Å²) in [5.74, 6) is -0.795. The number of carboxylic acids is 1. The van der Waals surface area contributed by atoms with Crippen LogP contribution in [0.15, 0.2) is 0 Å². The highest BCUT2D eigenvalue weighted by Gasteiger charge is 1.96. The molecule has 0 unspecified atom stereocenters. The van der Waals surface area contributed by atoms with Crippen molar-refractivity contribution in [3.63, 3.8) is 0 Å². The lowest BCUT2D eigenvalue weighted by atomic mass is 10.7. The Morgan fingerprint density at radius 3 is 2.43 bits per heavy atom. The quantitative estimate of drug-likeness (QED) is 0.533. The number of halogens is 1. The van der Waals surface area contributed by atoms with Crippen LogP contribution in [0.5, 0.6) is 0 Å². The largest absolute Gasteiger partial charge is 0.480 e. The van der Waals surface area contributed by atoms with Gasteiger partial charge in [-0.2, -0.15) is 0 Å². The summed E-state index contributed by atoms with van der Waals surface area (Å²) in [5.41, 5.74) is 0. The molecule has 4 heteroatoms. The molecule has 0 aliphatic rings. The van der Waals surface area contributed by atoms with Crippen LogP contribution in [-0.4, -0.2) is 27.8 Å². The second kappa shape index (κ2) is 3.20. The van der Waals surface area contributed by atoms with Crippen LogP contribution in [0, 0.1) is 0 Å². The summed E-state index contributed by atoms with van der Waals surface area (Å²) in [5, 5.41) is 8.04. The Kier molecular flexibility index (Phi) is 3.27. The second-order valence-corrected chi connectivity index (χ2v) is 2.80. The molecule has 0 spiro atoms. The highest BCUT2D eigenvalue weighted by Crippen LogP contribution is 1.88. The number of hydrogen-bond acceptors (Lipinski definition) is 2. The summed E-state index contributed by atoms with van der Waals surface area (Å²) in [7, 11) is 1.70. The van der Waals surface area contributed by atoms with Gasteiger partial charge in [-0.1, -0.05) is 0 Å². The van der Waals surface area contributed by atoms with E-state index in [9.17, 15) is 4.79 Å². The summed E-state index contributed by atoms with van der Waals surface area (Å²) < 4.78 is 1.57. The predicted molar refractivity (Wildman–Crippen MR) is 34.3 cm³/mol. The fraction of sp³-hybridized carbons (Fsp3) is 0.667. The van der Waals surface area contributed by atoms with Crippen molar-refractivity contribution in [2.45, 2.75) is 0 Å². The molecule has 3 nitrogen and oxygen atoms in total. The first-order chi connectivity index (χ1) is 3.13. The number of hydrogen-bond donors (Lipinski definition) is 1. The van der Waals surface area contributed by atoms with Crippen molar-refractivity contribution >= 4 is 28.8 Å². The molecule has 0 radical (unpaired) electrons. The lowest BCUT2D eigenvalue weighted by molar-refractivity contribution is -0.136. The van der Waals surface area contributed by atoms with Crippen molar-refractivity contribution in [2.24, 2.45) is 0 Å². The van der Waals surface area contributed by atoms with Gasteiger partial charge in [0.2, 0.25) is 0 Å². The number of carbonyl (C=O) groups is 1. The van der Waals surface area contributed by atoms with Gasteiger partial charge in [0.05, 0.1) is 0 Å². The first kappa shape index (κ1) is 7.16. The van der Waals surface area contributed by atoms with Gasteiger partial charge in [0.1, 0.15) is 6.54 Å². The van der Waals surface area contributed by atoms with Gasteiger partial charge in [0.25, 0.3) is 0 Å². The van der Waals surface area contributed by atoms with Crippen molar-refractivity contribution in [3.8, 4) is 0 Å². The van der Waals surface area contributed by atoms with Gasteiger partial charge in [-0.3, -0.25) is 4.79 Å². The standard InChI is InChI=1S/C3H6INO2/c1-5(4)2-3(6)7/h2H2,1H3,(H,6,7). The Balaban J connectivity index is 3.13. The summed E-state index contributed by atoms with van der Waals surface area (Å²) in [6.45, 7) is 0.0978. The van der Waals surface area contributed by atoms with Crippen LogP contribution < -0.4 is 0 Å². The fourth-order valence-electron chi connectivity index (χ4n) is 0.186. The molecule has 0 aromatic carbocycles. The van der Waals surface area contributed by atoms with E-state index >= 15 is 0 Å². The third-order valence-corrected chi connectivity index (χ3v) is 0.694. The van der Waals surface area contributed by atoms with Crippen LogP contribution >= 0.6 is 22.9 Å². The summed E-state index contributed by atoms with van der Waals surface area (Å²) in [4.78, 5) is 9.76. The zero-order valence-corrected chi connectivity index (χ0v) is 6.05. The first-order valence-corrected chi connectivity index (χ1v) is 2.68. The maximum absolute atomic E-state index is 9.76. The smallest absolute Gasteiger partial charge is 0.318 e. The second-order valence-electron chi connectivity index (χ2n) is 1.16. The van der Waals surface area contributed by atoms with Gasteiger partial charge in [0, 0.05) is 22.9 Å². The average Bonchev–Trinajstić information content (AvgIpc) is 1.27. The van der Waals surface area contributed by atoms with Gasteiger partial charge in [-0.05, 0) is 7.05 Å². The lowest BCUT2D eigenvalue weighted by Gasteiger charge is -1.98. The number of aliphatic carboxylic acids is 1. The van der Waals surface area contributed by atoms with Crippen LogP contribution in [0.1, 0.15) is 0 Å². The molecule has 0 aliphatic heterocycles. The molecule has 42 valence electrons. The predicted octanol–water partition coefficient (Wildman–Crippen LogP) is 0.353. The van der Waals surface area contributed by atoms with E-state index in [1.807, 2.05) is 22.9 Å². The molecule has 0 amide bonds. The molecule has 1 N–H and O–H groups in total. The molecule has 0 aliphatic carbocycles. The fourth-order valence-corrected chi connectivity index (χ4v) is 0.478. The van der Waals surface area contributed by atoms with Crippen LogP contribution in [0.4, 0.5) is 0 Å². The number of rotatable bonds is 2. The molecule has 7 heavy (non-hydrogen) atoms. The first-order valence-electron chi connectivity index (χ1n) is 1.71. The zero-order chi connectivity index (χ0) is 5.86. The summed E-state index contributed by atoms with van der Waals surface area (Å²) in [6, 6.07) is 0. The van der Waals surface area contributed by atoms with Crippen molar-refractivity contribution < 1.29 is 9.90 Å². The van der Waals surface area contributed by atoms with E-state index in [4.69, 9.17) is 5.11 Å². The zero-order valence-electron chi connectivity index (χ0n) is 3.89. The molecule has 0 saturated carbocycles. The minimum absolute atomic E-state index is 0.0978. The molecule has 0 bridgehead atoms. The maximum Gasteiger partial charge on any atom is 0.318 e. The van der Waals surface area contributed by atoms with Gasteiger partial charge < -0.3 is 5.11 Å². The molecule has 0 atom stereocenters. The topological polar surface area (TPSA) is 40.5 Å². The van der Waals surface area contributed by atoms with E-state index in [0.717, 1.165) is 0 Å². The molecule has 0 aromatic rings. The molecule has 0 saturated heterocycles. The van der Waals surface area contributed by atoms with Crippen molar-refractivity contribution in [1.29, 1.82) is 0 Å². The molecule has 0 aromatic heterocycles. The Morgan fingerprint density at radius 2 is 2.43 bits per heavy atom. The molecule has 0 rings (SSSR count). The minimum atomic E-state index is -0.795. The van der Waals surface area contributed by atoms with Crippen molar-refractivity contribution in [3.05, 3.63) is 0 Å². The Labute approximate surface area is 55.8 Å². The SMILES string of the molecule is CN(I)CC(=O)O. The number of nitrogens with zero attached hydrogens (tertiary/aromatic N) is 1. The van der Waals surface area contributed by atoms with E-state index in [-0.39, 0.29) is 6.54 Å². The molecular formula is C3H6INO2. The highest BCUT2D eigenvalue weighted by molar-refractivity contribution is 14.1. The molecule has 0 heterocycles. The average molecular weight is 215 g/mol. The normalized spacial score (nSPS) is 9.57. The van der Waals surface area contributed by atoms with Gasteiger partial charge >= 0.3 is 5.97 Å². The highest BCUT2D eigenvalue weighted by atomic mass is 127. The van der Waals surface area contributed by atoms with Crippen molar-refractivity contribution in [2.75, 3.05) is 13.6 Å². The van der Waals surface area contributed by atoms with E-state index in [1.54, 1.807) is 10.2 Å². The van der Waals surface area contributed by atoms with Crippen molar-refractivity contribution in [1.82, 2.24) is 3.11 Å². The third-order valence-electron chi connectivity index (χ3n) is 0.353. The minimum Gasteiger partial charge on any atom is -0.480 e. The van der Waals surface area contributed by atoms with E-state index in [0.29, 0.717) is 0 Å². The molecule has 0 fully saturated rings. The van der Waals surface area contributed by atoms with Gasteiger partial charge in [-0.25, -0.2) is 3.11 Å². The Morgan fingerprint density at radius 1 is 2.00 bits per heavy atom. The van der Waals surface area contributed by atoms with E-state index in [1.165, 1.54) is 0 Å². The number of likely N-dealkylation sites (N-methyl/N-ethyl adjacent to an activating group) is 1. The third kappa shape index (κ3) is 6.16. The van der Waals surface area contributed by atoms with Crippen LogP contribution in [0.25, 0.3) is 0 Å². The van der Waals surface area contributed by atoms with Crippen LogP contribution in [-0.2, 0) is 4.79 Å². The maximum atomic E-state index is 9.76. The Hall–Kier alpha value is 0.160. The van der Waals surface area contributed by atoms with E-state index in [2.05, 4.69) is 0 Å².